The lowest BCUT2D eigenvalue weighted by atomic mass is 10.0. The first kappa shape index (κ1) is 18.9. The Morgan fingerprint density at radius 3 is 2.46 bits per heavy atom. The van der Waals surface area contributed by atoms with Gasteiger partial charge in [-0.15, -0.1) is 0 Å². The van der Waals surface area contributed by atoms with E-state index < -0.39 is 0 Å². The maximum Gasteiger partial charge on any atom is 0.273 e. The second-order valence-electron chi connectivity index (χ2n) is 7.18. The first-order chi connectivity index (χ1) is 13.6. The summed E-state index contributed by atoms with van der Waals surface area (Å²) in [6.45, 7) is 3.45. The third-order valence-electron chi connectivity index (χ3n) is 5.32. The van der Waals surface area contributed by atoms with E-state index in [1.807, 2.05) is 29.2 Å². The highest BCUT2D eigenvalue weighted by Gasteiger charge is 2.30. The molecule has 1 atom stereocenters. The summed E-state index contributed by atoms with van der Waals surface area (Å²) < 4.78 is 0. The Balaban J connectivity index is 1.58. The molecule has 6 nitrogen and oxygen atoms in total. The van der Waals surface area contributed by atoms with E-state index in [0.29, 0.717) is 29.5 Å². The number of halogens is 1. The number of pyridine rings is 1. The van der Waals surface area contributed by atoms with Crippen LogP contribution < -0.4 is 5.32 Å². The maximum absolute atomic E-state index is 13.2. The summed E-state index contributed by atoms with van der Waals surface area (Å²) in [6.07, 6.45) is 2.04. The fourth-order valence-electron chi connectivity index (χ4n) is 3.86. The lowest BCUT2D eigenvalue weighted by Crippen LogP contribution is -2.49. The van der Waals surface area contributed by atoms with Gasteiger partial charge in [-0.05, 0) is 42.7 Å². The Labute approximate surface area is 169 Å². The Morgan fingerprint density at radius 1 is 1.00 bits per heavy atom. The number of nitrogens with zero attached hydrogens (tertiary/aromatic N) is 3. The summed E-state index contributed by atoms with van der Waals surface area (Å²) >= 11 is 6.15. The number of amides is 2. The molecule has 2 amide bonds. The highest BCUT2D eigenvalue weighted by molar-refractivity contribution is 6.30. The topological polar surface area (TPSA) is 65.5 Å². The largest absolute Gasteiger partial charge is 0.337 e. The lowest BCUT2D eigenvalue weighted by Gasteiger charge is -2.36. The molecule has 3 heterocycles. The van der Waals surface area contributed by atoms with Gasteiger partial charge >= 0.3 is 0 Å². The van der Waals surface area contributed by atoms with E-state index in [0.717, 1.165) is 38.0 Å². The highest BCUT2D eigenvalue weighted by atomic mass is 35.5. The summed E-state index contributed by atoms with van der Waals surface area (Å²) in [4.78, 5) is 33.9. The fraction of sp³-hybridized carbons (Fsp3) is 0.381. The molecule has 2 fully saturated rings. The standard InChI is InChI=1S/C21H23ClN4O2/c22-16-6-3-5-15(13-16)19-14-23-9-12-26(19)21(28)18-8-4-7-17(24-18)20(27)25-10-1-2-11-25/h3-8,13,19,23H,1-2,9-12,14H2. The molecule has 0 aliphatic carbocycles. The molecule has 0 saturated carbocycles. The second kappa shape index (κ2) is 8.29. The van der Waals surface area contributed by atoms with Gasteiger partial charge in [0.05, 0.1) is 6.04 Å². The summed E-state index contributed by atoms with van der Waals surface area (Å²) in [7, 11) is 0. The van der Waals surface area contributed by atoms with Crippen molar-refractivity contribution in [3.8, 4) is 0 Å². The number of benzene rings is 1. The molecule has 1 aromatic carbocycles. The van der Waals surface area contributed by atoms with Crippen molar-refractivity contribution < 1.29 is 9.59 Å². The van der Waals surface area contributed by atoms with Crippen molar-refractivity contribution in [1.29, 1.82) is 0 Å². The molecule has 0 bridgehead atoms. The van der Waals surface area contributed by atoms with Gasteiger partial charge in [0, 0.05) is 37.7 Å². The molecular formula is C21H23ClN4O2. The Kier molecular flexibility index (Phi) is 5.59. The predicted molar refractivity (Wildman–Crippen MR) is 107 cm³/mol. The first-order valence-corrected chi connectivity index (χ1v) is 10.0. The molecule has 1 unspecified atom stereocenters. The van der Waals surface area contributed by atoms with Crippen molar-refractivity contribution in [2.75, 3.05) is 32.7 Å². The van der Waals surface area contributed by atoms with Crippen molar-refractivity contribution in [1.82, 2.24) is 20.1 Å². The zero-order valence-electron chi connectivity index (χ0n) is 15.6. The minimum Gasteiger partial charge on any atom is -0.337 e. The minimum atomic E-state index is -0.164. The second-order valence-corrected chi connectivity index (χ2v) is 7.62. The molecule has 0 radical (unpaired) electrons. The Morgan fingerprint density at radius 2 is 1.71 bits per heavy atom. The number of likely N-dealkylation sites (tertiary alicyclic amines) is 1. The monoisotopic (exact) mass is 398 g/mol. The average molecular weight is 399 g/mol. The van der Waals surface area contributed by atoms with Crippen LogP contribution in [0.1, 0.15) is 45.4 Å². The summed E-state index contributed by atoms with van der Waals surface area (Å²) in [5, 5.41) is 3.98. The number of hydrogen-bond donors (Lipinski definition) is 1. The van der Waals surface area contributed by atoms with Gasteiger partial charge in [0.15, 0.2) is 0 Å². The first-order valence-electron chi connectivity index (χ1n) is 9.67. The quantitative estimate of drug-likeness (QED) is 0.863. The molecular weight excluding hydrogens is 376 g/mol. The van der Waals surface area contributed by atoms with E-state index in [9.17, 15) is 9.59 Å². The molecule has 1 aromatic heterocycles. The molecule has 28 heavy (non-hydrogen) atoms. The van der Waals surface area contributed by atoms with Crippen LogP contribution in [0.4, 0.5) is 0 Å². The van der Waals surface area contributed by atoms with Crippen LogP contribution in [0.15, 0.2) is 42.5 Å². The molecule has 7 heteroatoms. The Bertz CT molecular complexity index is 882. The van der Waals surface area contributed by atoms with Crippen LogP contribution >= 0.6 is 11.6 Å². The van der Waals surface area contributed by atoms with Crippen LogP contribution in [0.25, 0.3) is 0 Å². The van der Waals surface area contributed by atoms with Crippen LogP contribution in [0, 0.1) is 0 Å². The fourth-order valence-corrected chi connectivity index (χ4v) is 4.06. The summed E-state index contributed by atoms with van der Waals surface area (Å²) in [6, 6.07) is 12.6. The van der Waals surface area contributed by atoms with Gasteiger partial charge in [0.2, 0.25) is 0 Å². The molecule has 2 aliphatic heterocycles. The molecule has 146 valence electrons. The lowest BCUT2D eigenvalue weighted by molar-refractivity contribution is 0.0628. The molecule has 1 N–H and O–H groups in total. The molecule has 4 rings (SSSR count). The number of hydrogen-bond acceptors (Lipinski definition) is 4. The summed E-state index contributed by atoms with van der Waals surface area (Å²) in [5.74, 6) is -0.263. The number of nitrogens with one attached hydrogen (secondary N) is 1. The number of aromatic nitrogens is 1. The van der Waals surface area contributed by atoms with Gasteiger partial charge in [0.1, 0.15) is 11.4 Å². The van der Waals surface area contributed by atoms with Crippen LogP contribution in [0.2, 0.25) is 5.02 Å². The van der Waals surface area contributed by atoms with E-state index in [-0.39, 0.29) is 17.9 Å². The van der Waals surface area contributed by atoms with Gasteiger partial charge in [-0.25, -0.2) is 4.98 Å². The van der Waals surface area contributed by atoms with E-state index in [1.54, 1.807) is 23.1 Å². The number of carbonyl (C=O) groups is 2. The number of carbonyl (C=O) groups excluding carboxylic acids is 2. The number of piperazine rings is 1. The summed E-state index contributed by atoms with van der Waals surface area (Å²) in [5.41, 5.74) is 1.62. The average Bonchev–Trinajstić information content (AvgIpc) is 3.28. The van der Waals surface area contributed by atoms with E-state index in [2.05, 4.69) is 10.3 Å². The molecule has 2 saturated heterocycles. The minimum absolute atomic E-state index is 0.0983. The van der Waals surface area contributed by atoms with Crippen LogP contribution in [0.3, 0.4) is 0 Å². The smallest absolute Gasteiger partial charge is 0.273 e. The molecule has 0 spiro atoms. The maximum atomic E-state index is 13.2. The van der Waals surface area contributed by atoms with Crippen LogP contribution in [-0.4, -0.2) is 59.3 Å². The van der Waals surface area contributed by atoms with E-state index in [4.69, 9.17) is 11.6 Å². The molecule has 2 aliphatic rings. The van der Waals surface area contributed by atoms with Gasteiger partial charge in [0.25, 0.3) is 11.8 Å². The van der Waals surface area contributed by atoms with Crippen molar-refractivity contribution >= 4 is 23.4 Å². The van der Waals surface area contributed by atoms with Crippen molar-refractivity contribution in [2.24, 2.45) is 0 Å². The Hall–Kier alpha value is -2.44. The third kappa shape index (κ3) is 3.88. The normalized spacial score (nSPS) is 19.7. The van der Waals surface area contributed by atoms with Crippen molar-refractivity contribution in [3.63, 3.8) is 0 Å². The third-order valence-corrected chi connectivity index (χ3v) is 5.55. The SMILES string of the molecule is O=C(c1cccc(C(=O)N2CCNCC2c2cccc(Cl)c2)n1)N1CCCC1. The van der Waals surface area contributed by atoms with Crippen LogP contribution in [0.5, 0.6) is 0 Å². The van der Waals surface area contributed by atoms with Crippen LogP contribution in [-0.2, 0) is 0 Å². The predicted octanol–water partition coefficient (Wildman–Crippen LogP) is 2.76. The van der Waals surface area contributed by atoms with E-state index >= 15 is 0 Å². The van der Waals surface area contributed by atoms with Gasteiger partial charge in [-0.1, -0.05) is 29.8 Å². The van der Waals surface area contributed by atoms with Gasteiger partial charge < -0.3 is 15.1 Å². The van der Waals surface area contributed by atoms with Gasteiger partial charge in [-0.2, -0.15) is 0 Å². The highest BCUT2D eigenvalue weighted by Crippen LogP contribution is 2.26. The van der Waals surface area contributed by atoms with Gasteiger partial charge in [-0.3, -0.25) is 9.59 Å². The molecule has 2 aromatic rings. The zero-order chi connectivity index (χ0) is 19.5. The number of rotatable bonds is 3. The van der Waals surface area contributed by atoms with Crippen molar-refractivity contribution in [2.45, 2.75) is 18.9 Å². The van der Waals surface area contributed by atoms with Crippen molar-refractivity contribution in [3.05, 3.63) is 64.4 Å². The zero-order valence-corrected chi connectivity index (χ0v) is 16.4. The van der Waals surface area contributed by atoms with E-state index in [1.165, 1.54) is 0 Å².